The predicted octanol–water partition coefficient (Wildman–Crippen LogP) is 3.83. The van der Waals surface area contributed by atoms with Crippen LogP contribution in [-0.4, -0.2) is 0 Å². The number of nitrogens with two attached hydrogens (primary N) is 1. The first-order valence-electron chi connectivity index (χ1n) is 3.85. The summed E-state index contributed by atoms with van der Waals surface area (Å²) in [4.78, 5) is 0. The zero-order valence-corrected chi connectivity index (χ0v) is 9.59. The molecule has 0 radical (unpaired) electrons. The smallest absolute Gasteiger partial charge is 0.0595 e. The Morgan fingerprint density at radius 1 is 1.31 bits per heavy atom. The van der Waals surface area contributed by atoms with Crippen molar-refractivity contribution in [3.63, 3.8) is 0 Å². The largest absolute Gasteiger partial charge is 0.324 e. The Hall–Kier alpha value is 0.0500. The maximum Gasteiger partial charge on any atom is 0.0595 e. The van der Waals surface area contributed by atoms with Crippen molar-refractivity contribution < 1.29 is 0 Å². The van der Waals surface area contributed by atoms with E-state index in [1.54, 1.807) is 6.07 Å². The summed E-state index contributed by atoms with van der Waals surface area (Å²) in [6.07, 6.45) is 0.901. The molecule has 74 valence electrons. The molecule has 1 aromatic carbocycles. The molecular formula is C9H12Cl3N. The Morgan fingerprint density at radius 2 is 1.92 bits per heavy atom. The second-order valence-electron chi connectivity index (χ2n) is 2.69. The van der Waals surface area contributed by atoms with Crippen LogP contribution in [0.2, 0.25) is 10.0 Å². The van der Waals surface area contributed by atoms with Crippen molar-refractivity contribution in [2.45, 2.75) is 19.4 Å². The highest BCUT2D eigenvalue weighted by atomic mass is 35.5. The minimum Gasteiger partial charge on any atom is -0.324 e. The standard InChI is InChI=1S/C9H11Cl2N.ClH/c1-2-9(12)6-3-4-7(10)8(11)5-6;/h3-5,9H,2,12H2,1H3;1H/t9-;/m0./s1. The monoisotopic (exact) mass is 239 g/mol. The summed E-state index contributed by atoms with van der Waals surface area (Å²) in [5.41, 5.74) is 6.85. The molecule has 0 heterocycles. The Balaban J connectivity index is 0.00000144. The first-order valence-corrected chi connectivity index (χ1v) is 4.61. The summed E-state index contributed by atoms with van der Waals surface area (Å²) in [5, 5.41) is 1.14. The molecule has 0 unspecified atom stereocenters. The average Bonchev–Trinajstić information content (AvgIpc) is 2.08. The maximum absolute atomic E-state index is 5.83. The van der Waals surface area contributed by atoms with Gasteiger partial charge in [-0.2, -0.15) is 0 Å². The Kier molecular flexibility index (Phi) is 5.73. The van der Waals surface area contributed by atoms with Crippen LogP contribution in [0.1, 0.15) is 24.9 Å². The number of halogens is 3. The summed E-state index contributed by atoms with van der Waals surface area (Å²) in [5.74, 6) is 0. The highest BCUT2D eigenvalue weighted by Gasteiger charge is 2.04. The fraction of sp³-hybridized carbons (Fsp3) is 0.333. The van der Waals surface area contributed by atoms with Crippen LogP contribution < -0.4 is 5.73 Å². The van der Waals surface area contributed by atoms with Gasteiger partial charge in [-0.15, -0.1) is 12.4 Å². The van der Waals surface area contributed by atoms with Crippen LogP contribution in [-0.2, 0) is 0 Å². The zero-order chi connectivity index (χ0) is 9.14. The Morgan fingerprint density at radius 3 is 2.38 bits per heavy atom. The molecule has 0 fully saturated rings. The lowest BCUT2D eigenvalue weighted by Crippen LogP contribution is -2.08. The van der Waals surface area contributed by atoms with Crippen LogP contribution in [0.15, 0.2) is 18.2 Å². The van der Waals surface area contributed by atoms with E-state index in [1.165, 1.54) is 0 Å². The van der Waals surface area contributed by atoms with E-state index in [4.69, 9.17) is 28.9 Å². The highest BCUT2D eigenvalue weighted by molar-refractivity contribution is 6.42. The van der Waals surface area contributed by atoms with Gasteiger partial charge in [-0.1, -0.05) is 36.2 Å². The molecule has 13 heavy (non-hydrogen) atoms. The van der Waals surface area contributed by atoms with Crippen molar-refractivity contribution >= 4 is 35.6 Å². The van der Waals surface area contributed by atoms with E-state index in [9.17, 15) is 0 Å². The maximum atomic E-state index is 5.83. The summed E-state index contributed by atoms with van der Waals surface area (Å²) in [6.45, 7) is 2.03. The Labute approximate surface area is 94.6 Å². The van der Waals surface area contributed by atoms with Crippen molar-refractivity contribution in [3.05, 3.63) is 33.8 Å². The molecule has 1 rings (SSSR count). The molecule has 4 heteroatoms. The van der Waals surface area contributed by atoms with Gasteiger partial charge in [0.25, 0.3) is 0 Å². The van der Waals surface area contributed by atoms with Crippen LogP contribution in [0.3, 0.4) is 0 Å². The molecule has 0 saturated heterocycles. The van der Waals surface area contributed by atoms with Crippen LogP contribution in [0, 0.1) is 0 Å². The van der Waals surface area contributed by atoms with Gasteiger partial charge in [0.1, 0.15) is 0 Å². The van der Waals surface area contributed by atoms with Gasteiger partial charge in [0.15, 0.2) is 0 Å². The highest BCUT2D eigenvalue weighted by Crippen LogP contribution is 2.25. The molecule has 0 aliphatic rings. The second kappa shape index (κ2) is 5.71. The minimum absolute atomic E-state index is 0. The number of rotatable bonds is 2. The second-order valence-corrected chi connectivity index (χ2v) is 3.50. The van der Waals surface area contributed by atoms with Crippen LogP contribution in [0.25, 0.3) is 0 Å². The van der Waals surface area contributed by atoms with E-state index in [1.807, 2.05) is 19.1 Å². The van der Waals surface area contributed by atoms with E-state index in [0.29, 0.717) is 10.0 Å². The SMILES string of the molecule is CC[C@H](N)c1ccc(Cl)c(Cl)c1.Cl. The summed E-state index contributed by atoms with van der Waals surface area (Å²) in [7, 11) is 0. The van der Waals surface area contributed by atoms with E-state index >= 15 is 0 Å². The molecule has 0 spiro atoms. The topological polar surface area (TPSA) is 26.0 Å². The summed E-state index contributed by atoms with van der Waals surface area (Å²) < 4.78 is 0. The fourth-order valence-electron chi connectivity index (χ4n) is 0.979. The summed E-state index contributed by atoms with van der Waals surface area (Å²) >= 11 is 11.6. The van der Waals surface area contributed by atoms with Gasteiger partial charge in [0.05, 0.1) is 10.0 Å². The van der Waals surface area contributed by atoms with E-state index in [-0.39, 0.29) is 18.4 Å². The third-order valence-corrected chi connectivity index (χ3v) is 2.55. The quantitative estimate of drug-likeness (QED) is 0.835. The van der Waals surface area contributed by atoms with Gasteiger partial charge >= 0.3 is 0 Å². The third-order valence-electron chi connectivity index (χ3n) is 1.81. The number of hydrogen-bond donors (Lipinski definition) is 1. The van der Waals surface area contributed by atoms with E-state index in [0.717, 1.165) is 12.0 Å². The number of hydrogen-bond acceptors (Lipinski definition) is 1. The molecule has 0 aliphatic carbocycles. The van der Waals surface area contributed by atoms with Crippen LogP contribution in [0.4, 0.5) is 0 Å². The first kappa shape index (κ1) is 13.1. The van der Waals surface area contributed by atoms with Crippen LogP contribution >= 0.6 is 35.6 Å². The number of benzene rings is 1. The summed E-state index contributed by atoms with van der Waals surface area (Å²) in [6, 6.07) is 5.55. The third kappa shape index (κ3) is 3.35. The molecule has 1 atom stereocenters. The molecule has 0 aromatic heterocycles. The molecule has 0 aliphatic heterocycles. The van der Waals surface area contributed by atoms with Gasteiger partial charge < -0.3 is 5.73 Å². The first-order chi connectivity index (χ1) is 5.65. The molecule has 0 bridgehead atoms. The predicted molar refractivity (Wildman–Crippen MR) is 60.9 cm³/mol. The van der Waals surface area contributed by atoms with Crippen molar-refractivity contribution in [2.75, 3.05) is 0 Å². The normalized spacial score (nSPS) is 12.0. The lowest BCUT2D eigenvalue weighted by atomic mass is 10.1. The van der Waals surface area contributed by atoms with Crippen molar-refractivity contribution in [1.29, 1.82) is 0 Å². The molecule has 1 aromatic rings. The lowest BCUT2D eigenvalue weighted by Gasteiger charge is -2.09. The van der Waals surface area contributed by atoms with Crippen molar-refractivity contribution in [1.82, 2.24) is 0 Å². The van der Waals surface area contributed by atoms with E-state index < -0.39 is 0 Å². The molecule has 2 N–H and O–H groups in total. The van der Waals surface area contributed by atoms with Gasteiger partial charge in [-0.3, -0.25) is 0 Å². The van der Waals surface area contributed by atoms with Crippen LogP contribution in [0.5, 0.6) is 0 Å². The molecule has 0 saturated carbocycles. The fourth-order valence-corrected chi connectivity index (χ4v) is 1.29. The van der Waals surface area contributed by atoms with Gasteiger partial charge in [0, 0.05) is 6.04 Å². The van der Waals surface area contributed by atoms with Gasteiger partial charge in [0.2, 0.25) is 0 Å². The van der Waals surface area contributed by atoms with Crippen molar-refractivity contribution in [3.8, 4) is 0 Å². The zero-order valence-electron chi connectivity index (χ0n) is 7.26. The molecular weight excluding hydrogens is 228 g/mol. The lowest BCUT2D eigenvalue weighted by molar-refractivity contribution is 0.699. The van der Waals surface area contributed by atoms with E-state index in [2.05, 4.69) is 0 Å². The Bertz CT molecular complexity index is 276. The molecule has 0 amide bonds. The van der Waals surface area contributed by atoms with Crippen molar-refractivity contribution in [2.24, 2.45) is 5.73 Å². The molecule has 1 nitrogen and oxygen atoms in total. The van der Waals surface area contributed by atoms with Gasteiger partial charge in [-0.25, -0.2) is 0 Å². The van der Waals surface area contributed by atoms with Gasteiger partial charge in [-0.05, 0) is 24.1 Å². The average molecular weight is 241 g/mol. The minimum atomic E-state index is 0.